The van der Waals surface area contributed by atoms with Crippen LogP contribution in [0.5, 0.6) is 0 Å². The average Bonchev–Trinajstić information content (AvgIpc) is 3.07. The molecule has 3 nitrogen and oxygen atoms in total. The molecule has 1 heterocycles. The molecule has 102 valence electrons. The van der Waals surface area contributed by atoms with Crippen LogP contribution in [0.4, 0.5) is 0 Å². The van der Waals surface area contributed by atoms with E-state index in [4.69, 9.17) is 9.72 Å². The highest BCUT2D eigenvalue weighted by Gasteiger charge is 2.22. The van der Waals surface area contributed by atoms with Crippen LogP contribution in [0.15, 0.2) is 0 Å². The summed E-state index contributed by atoms with van der Waals surface area (Å²) in [7, 11) is 1.76. The fourth-order valence-electron chi connectivity index (χ4n) is 1.93. The third-order valence-corrected chi connectivity index (χ3v) is 4.41. The van der Waals surface area contributed by atoms with E-state index >= 15 is 0 Å². The van der Waals surface area contributed by atoms with E-state index < -0.39 is 0 Å². The molecule has 1 N–H and O–H groups in total. The van der Waals surface area contributed by atoms with Gasteiger partial charge in [-0.15, -0.1) is 11.3 Å². The Morgan fingerprint density at radius 1 is 1.39 bits per heavy atom. The first-order chi connectivity index (χ1) is 8.60. The van der Waals surface area contributed by atoms with Crippen LogP contribution >= 0.6 is 11.3 Å². The average molecular weight is 268 g/mol. The summed E-state index contributed by atoms with van der Waals surface area (Å²) in [5, 5.41) is 4.80. The molecule has 1 fully saturated rings. The van der Waals surface area contributed by atoms with Gasteiger partial charge in [-0.3, -0.25) is 0 Å². The number of ether oxygens (including phenoxy) is 1. The molecule has 4 heteroatoms. The number of nitrogens with zero attached hydrogens (tertiary/aromatic N) is 1. The lowest BCUT2D eigenvalue weighted by molar-refractivity contribution is 0.118. The van der Waals surface area contributed by atoms with Gasteiger partial charge in [-0.1, -0.05) is 13.8 Å². The highest BCUT2D eigenvalue weighted by Crippen LogP contribution is 2.27. The summed E-state index contributed by atoms with van der Waals surface area (Å²) in [6.45, 7) is 7.52. The van der Waals surface area contributed by atoms with E-state index in [0.717, 1.165) is 19.0 Å². The van der Waals surface area contributed by atoms with Gasteiger partial charge < -0.3 is 10.1 Å². The van der Waals surface area contributed by atoms with Gasteiger partial charge in [-0.2, -0.15) is 0 Å². The van der Waals surface area contributed by atoms with Gasteiger partial charge in [0.25, 0.3) is 0 Å². The van der Waals surface area contributed by atoms with Gasteiger partial charge in [0.05, 0.1) is 16.8 Å². The van der Waals surface area contributed by atoms with Crippen LogP contribution in [-0.4, -0.2) is 24.2 Å². The minimum Gasteiger partial charge on any atom is -0.381 e. The van der Waals surface area contributed by atoms with E-state index in [2.05, 4.69) is 26.1 Å². The van der Waals surface area contributed by atoms with E-state index in [9.17, 15) is 0 Å². The van der Waals surface area contributed by atoms with E-state index in [0.29, 0.717) is 5.92 Å². The Morgan fingerprint density at radius 2 is 2.11 bits per heavy atom. The number of methoxy groups -OCH3 is 1. The Kier molecular flexibility index (Phi) is 4.76. The normalized spacial score (nSPS) is 17.4. The third-order valence-electron chi connectivity index (χ3n) is 3.31. The zero-order valence-corrected chi connectivity index (χ0v) is 12.6. The highest BCUT2D eigenvalue weighted by atomic mass is 32.1. The smallest absolute Gasteiger partial charge is 0.0957 e. The van der Waals surface area contributed by atoms with Gasteiger partial charge in [0.1, 0.15) is 0 Å². The van der Waals surface area contributed by atoms with Crippen LogP contribution in [0.25, 0.3) is 0 Å². The second-order valence-electron chi connectivity index (χ2n) is 5.48. The van der Waals surface area contributed by atoms with Crippen molar-refractivity contribution in [3.63, 3.8) is 0 Å². The van der Waals surface area contributed by atoms with Crippen LogP contribution < -0.4 is 5.32 Å². The van der Waals surface area contributed by atoms with E-state index in [1.807, 2.05) is 11.3 Å². The number of hydrogen-bond donors (Lipinski definition) is 1. The van der Waals surface area contributed by atoms with Crippen molar-refractivity contribution in [3.05, 3.63) is 15.6 Å². The minimum absolute atomic E-state index is 0.250. The molecule has 0 bridgehead atoms. The molecule has 1 aromatic rings. The SMILES string of the molecule is COC(C)Cc1nc(C(C)C)c(CNC2CC2)s1. The van der Waals surface area contributed by atoms with Crippen molar-refractivity contribution >= 4 is 11.3 Å². The van der Waals surface area contributed by atoms with Crippen LogP contribution in [0, 0.1) is 0 Å². The van der Waals surface area contributed by atoms with Crippen LogP contribution in [0.1, 0.15) is 55.1 Å². The first kappa shape index (κ1) is 14.0. The maximum absolute atomic E-state index is 5.32. The Labute approximate surface area is 114 Å². The molecular formula is C14H24N2OS. The lowest BCUT2D eigenvalue weighted by atomic mass is 10.1. The summed E-state index contributed by atoms with van der Waals surface area (Å²) < 4.78 is 5.32. The second kappa shape index (κ2) is 6.13. The van der Waals surface area contributed by atoms with Crippen LogP contribution in [-0.2, 0) is 17.7 Å². The number of thiazole rings is 1. The predicted molar refractivity (Wildman–Crippen MR) is 76.2 cm³/mol. The molecule has 1 unspecified atom stereocenters. The van der Waals surface area contributed by atoms with Crippen LogP contribution in [0.3, 0.4) is 0 Å². The standard InChI is InChI=1S/C14H24N2OS/c1-9(2)14-12(8-15-11-5-6-11)18-13(16-14)7-10(3)17-4/h9-11,15H,5-8H2,1-4H3. The second-order valence-corrected chi connectivity index (χ2v) is 6.64. The van der Waals surface area contributed by atoms with Crippen molar-refractivity contribution in [2.75, 3.05) is 7.11 Å². The quantitative estimate of drug-likeness (QED) is 0.825. The molecule has 1 aliphatic rings. The van der Waals surface area contributed by atoms with Crippen molar-refractivity contribution < 1.29 is 4.74 Å². The van der Waals surface area contributed by atoms with Gasteiger partial charge in [0.2, 0.25) is 0 Å². The number of rotatable bonds is 7. The van der Waals surface area contributed by atoms with Gasteiger partial charge >= 0.3 is 0 Å². The van der Waals surface area contributed by atoms with Crippen molar-refractivity contribution in [2.24, 2.45) is 0 Å². The van der Waals surface area contributed by atoms with E-state index in [1.54, 1.807) is 7.11 Å². The maximum Gasteiger partial charge on any atom is 0.0957 e. The Bertz CT molecular complexity index is 385. The van der Waals surface area contributed by atoms with Crippen molar-refractivity contribution in [2.45, 2.75) is 64.6 Å². The Balaban J connectivity index is 2.04. The molecule has 1 atom stereocenters. The predicted octanol–water partition coefficient (Wildman–Crippen LogP) is 3.10. The Hall–Kier alpha value is -0.450. The molecule has 0 amide bonds. The highest BCUT2D eigenvalue weighted by molar-refractivity contribution is 7.11. The third kappa shape index (κ3) is 3.77. The molecule has 1 aliphatic carbocycles. The number of hydrogen-bond acceptors (Lipinski definition) is 4. The zero-order chi connectivity index (χ0) is 13.1. The monoisotopic (exact) mass is 268 g/mol. The van der Waals surface area contributed by atoms with Crippen molar-refractivity contribution in [3.8, 4) is 0 Å². The molecule has 0 aliphatic heterocycles. The van der Waals surface area contributed by atoms with Gasteiger partial charge in [-0.25, -0.2) is 4.98 Å². The summed E-state index contributed by atoms with van der Waals surface area (Å²) in [6.07, 6.45) is 3.84. The van der Waals surface area contributed by atoms with Crippen molar-refractivity contribution in [1.29, 1.82) is 0 Å². The summed E-state index contributed by atoms with van der Waals surface area (Å²) in [5.74, 6) is 0.504. The van der Waals surface area contributed by atoms with E-state index in [-0.39, 0.29) is 6.10 Å². The van der Waals surface area contributed by atoms with Gasteiger partial charge in [-0.05, 0) is 25.7 Å². The maximum atomic E-state index is 5.32. The molecule has 0 spiro atoms. The molecule has 0 saturated heterocycles. The lowest BCUT2D eigenvalue weighted by Crippen LogP contribution is -2.15. The first-order valence-electron chi connectivity index (χ1n) is 6.84. The summed E-state index contributed by atoms with van der Waals surface area (Å²) in [6, 6.07) is 0.758. The lowest BCUT2D eigenvalue weighted by Gasteiger charge is -2.06. The minimum atomic E-state index is 0.250. The van der Waals surface area contributed by atoms with Gasteiger partial charge in [0.15, 0.2) is 0 Å². The molecule has 0 aromatic carbocycles. The fourth-order valence-corrected chi connectivity index (χ4v) is 3.22. The number of nitrogens with one attached hydrogen (secondary N) is 1. The molecule has 0 radical (unpaired) electrons. The fraction of sp³-hybridized carbons (Fsp3) is 0.786. The zero-order valence-electron chi connectivity index (χ0n) is 11.8. The molecule has 2 rings (SSSR count). The Morgan fingerprint density at radius 3 is 2.67 bits per heavy atom. The molecule has 1 saturated carbocycles. The van der Waals surface area contributed by atoms with Crippen LogP contribution in [0.2, 0.25) is 0 Å². The molecular weight excluding hydrogens is 244 g/mol. The van der Waals surface area contributed by atoms with E-state index in [1.165, 1.54) is 28.4 Å². The largest absolute Gasteiger partial charge is 0.381 e. The first-order valence-corrected chi connectivity index (χ1v) is 7.66. The van der Waals surface area contributed by atoms with Crippen molar-refractivity contribution in [1.82, 2.24) is 10.3 Å². The number of aromatic nitrogens is 1. The van der Waals surface area contributed by atoms with Gasteiger partial charge in [0, 0.05) is 31.0 Å². The summed E-state index contributed by atoms with van der Waals surface area (Å²) in [4.78, 5) is 6.21. The molecule has 1 aromatic heterocycles. The summed E-state index contributed by atoms with van der Waals surface area (Å²) in [5.41, 5.74) is 1.27. The molecule has 18 heavy (non-hydrogen) atoms. The topological polar surface area (TPSA) is 34.1 Å². The summed E-state index contributed by atoms with van der Waals surface area (Å²) >= 11 is 1.85.